The van der Waals surface area contributed by atoms with Crippen LogP contribution in [0.15, 0.2) is 66.9 Å². The van der Waals surface area contributed by atoms with Crippen molar-refractivity contribution in [2.24, 2.45) is 0 Å². The first-order valence-corrected chi connectivity index (χ1v) is 12.6. The van der Waals surface area contributed by atoms with Gasteiger partial charge in [0.25, 0.3) is 0 Å². The monoisotopic (exact) mass is 524 g/mol. The van der Waals surface area contributed by atoms with E-state index in [9.17, 15) is 17.6 Å². The predicted octanol–water partition coefficient (Wildman–Crippen LogP) is 3.94. The fourth-order valence-corrected chi connectivity index (χ4v) is 4.11. The van der Waals surface area contributed by atoms with Crippen molar-refractivity contribution in [3.05, 3.63) is 95.1 Å². The Hall–Kier alpha value is -4.09. The van der Waals surface area contributed by atoms with E-state index < -0.39 is 16.2 Å². The number of benzene rings is 2. The Morgan fingerprint density at radius 1 is 1.03 bits per heavy atom. The maximum Gasteiger partial charge on any atom is 0.360 e. The summed E-state index contributed by atoms with van der Waals surface area (Å²) < 4.78 is 53.0. The smallest absolute Gasteiger partial charge is 0.360 e. The van der Waals surface area contributed by atoms with Crippen molar-refractivity contribution in [1.82, 2.24) is 14.3 Å². The lowest BCUT2D eigenvalue weighted by molar-refractivity contribution is 0.0589. The summed E-state index contributed by atoms with van der Waals surface area (Å²) in [6, 6.07) is 17.1. The summed E-state index contributed by atoms with van der Waals surface area (Å²) >= 11 is 0. The maximum absolute atomic E-state index is 13.3. The van der Waals surface area contributed by atoms with E-state index in [1.54, 1.807) is 24.4 Å². The number of nitrogens with one attached hydrogen (secondary N) is 1. The second kappa shape index (κ2) is 10.9. The molecule has 0 aliphatic rings. The molecular formula is C26H25FN4O5S. The van der Waals surface area contributed by atoms with Crippen LogP contribution < -0.4 is 9.46 Å². The lowest BCUT2D eigenvalue weighted by atomic mass is 10.0. The van der Waals surface area contributed by atoms with Crippen molar-refractivity contribution in [2.75, 3.05) is 25.9 Å². The Morgan fingerprint density at radius 2 is 1.73 bits per heavy atom. The maximum atomic E-state index is 13.3. The standard InChI is InChI=1S/C26H25FN4O5S/c1-31(2)37(33,34)30-25-21-14-19(13-17-9-11-20(27)12-10-17)15-28-22(21)24(23(29-25)26(32)35-3)36-16-18-7-5-4-6-8-18/h4-12,14-15H,13,16H2,1-3H3,(H,29,30). The van der Waals surface area contributed by atoms with Crippen LogP contribution >= 0.6 is 0 Å². The van der Waals surface area contributed by atoms with Gasteiger partial charge in [0, 0.05) is 25.7 Å². The molecule has 0 atom stereocenters. The molecule has 4 aromatic rings. The molecule has 0 saturated heterocycles. The molecule has 37 heavy (non-hydrogen) atoms. The SMILES string of the molecule is COC(=O)c1nc(NS(=O)(=O)N(C)C)c2cc(Cc3ccc(F)cc3)cnc2c1OCc1ccccc1. The zero-order chi connectivity index (χ0) is 26.6. The van der Waals surface area contributed by atoms with Crippen LogP contribution in [0.2, 0.25) is 0 Å². The normalized spacial score (nSPS) is 11.5. The molecule has 0 fully saturated rings. The van der Waals surface area contributed by atoms with Crippen LogP contribution in [-0.4, -0.2) is 49.9 Å². The summed E-state index contributed by atoms with van der Waals surface area (Å²) in [6.45, 7) is 0.114. The molecule has 2 aromatic carbocycles. The summed E-state index contributed by atoms with van der Waals surface area (Å²) in [5, 5.41) is 0.320. The van der Waals surface area contributed by atoms with Gasteiger partial charge < -0.3 is 9.47 Å². The van der Waals surface area contributed by atoms with Gasteiger partial charge in [-0.3, -0.25) is 9.71 Å². The van der Waals surface area contributed by atoms with E-state index in [0.717, 1.165) is 15.4 Å². The average Bonchev–Trinajstić information content (AvgIpc) is 2.89. The second-order valence-electron chi connectivity index (χ2n) is 8.34. The van der Waals surface area contributed by atoms with Crippen molar-refractivity contribution in [3.8, 4) is 5.75 Å². The van der Waals surface area contributed by atoms with E-state index in [1.807, 2.05) is 30.3 Å². The largest absolute Gasteiger partial charge is 0.484 e. The Morgan fingerprint density at radius 3 is 2.38 bits per heavy atom. The summed E-state index contributed by atoms with van der Waals surface area (Å²) in [4.78, 5) is 21.5. The molecule has 192 valence electrons. The number of aromatic nitrogens is 2. The number of ether oxygens (including phenoxy) is 2. The second-order valence-corrected chi connectivity index (χ2v) is 10.2. The molecule has 0 aliphatic heterocycles. The number of pyridine rings is 2. The number of rotatable bonds is 9. The topological polar surface area (TPSA) is 111 Å². The van der Waals surface area contributed by atoms with Gasteiger partial charge in [-0.2, -0.15) is 12.7 Å². The van der Waals surface area contributed by atoms with Gasteiger partial charge in [-0.1, -0.05) is 42.5 Å². The number of carbonyl (C=O) groups is 1. The number of fused-ring (bicyclic) bond motifs is 1. The van der Waals surface area contributed by atoms with E-state index in [-0.39, 0.29) is 35.2 Å². The number of nitrogens with zero attached hydrogens (tertiary/aromatic N) is 3. The molecule has 2 heterocycles. The highest BCUT2D eigenvalue weighted by Gasteiger charge is 2.26. The molecule has 11 heteroatoms. The molecule has 0 radical (unpaired) electrons. The van der Waals surface area contributed by atoms with Gasteiger partial charge in [0.15, 0.2) is 17.3 Å². The minimum atomic E-state index is -3.98. The third kappa shape index (κ3) is 6.01. The number of anilines is 1. The molecule has 0 saturated carbocycles. The minimum Gasteiger partial charge on any atom is -0.484 e. The fraction of sp³-hybridized carbons (Fsp3) is 0.192. The molecule has 4 rings (SSSR count). The Balaban J connectivity index is 1.87. The van der Waals surface area contributed by atoms with E-state index in [4.69, 9.17) is 9.47 Å². The zero-order valence-electron chi connectivity index (χ0n) is 20.4. The van der Waals surface area contributed by atoms with E-state index >= 15 is 0 Å². The van der Waals surface area contributed by atoms with Crippen LogP contribution in [0.3, 0.4) is 0 Å². The van der Waals surface area contributed by atoms with Crippen LogP contribution in [0.5, 0.6) is 5.75 Å². The quantitative estimate of drug-likeness (QED) is 0.330. The molecule has 0 aliphatic carbocycles. The van der Waals surface area contributed by atoms with Crippen LogP contribution in [0.1, 0.15) is 27.2 Å². The molecule has 0 unspecified atom stereocenters. The number of esters is 1. The highest BCUT2D eigenvalue weighted by Crippen LogP contribution is 2.34. The molecule has 2 aromatic heterocycles. The summed E-state index contributed by atoms with van der Waals surface area (Å²) in [7, 11) is -0.0607. The van der Waals surface area contributed by atoms with Crippen molar-refractivity contribution < 1.29 is 27.1 Å². The van der Waals surface area contributed by atoms with E-state index in [1.165, 1.54) is 33.3 Å². The predicted molar refractivity (Wildman–Crippen MR) is 137 cm³/mol. The molecule has 0 amide bonds. The average molecular weight is 525 g/mol. The zero-order valence-corrected chi connectivity index (χ0v) is 21.3. The number of halogens is 1. The highest BCUT2D eigenvalue weighted by molar-refractivity contribution is 7.90. The van der Waals surface area contributed by atoms with Gasteiger partial charge >= 0.3 is 16.2 Å². The van der Waals surface area contributed by atoms with Gasteiger partial charge in [-0.05, 0) is 41.3 Å². The van der Waals surface area contributed by atoms with Crippen molar-refractivity contribution in [2.45, 2.75) is 13.0 Å². The number of hydrogen-bond acceptors (Lipinski definition) is 7. The summed E-state index contributed by atoms with van der Waals surface area (Å²) in [5.74, 6) is -1.20. The van der Waals surface area contributed by atoms with Gasteiger partial charge in [-0.25, -0.2) is 14.2 Å². The molecule has 9 nitrogen and oxygen atoms in total. The lowest BCUT2D eigenvalue weighted by Gasteiger charge is -2.18. The lowest BCUT2D eigenvalue weighted by Crippen LogP contribution is -2.29. The highest BCUT2D eigenvalue weighted by atomic mass is 32.2. The van der Waals surface area contributed by atoms with Crippen LogP contribution in [-0.2, 0) is 28.0 Å². The van der Waals surface area contributed by atoms with Gasteiger partial charge in [0.1, 0.15) is 17.9 Å². The minimum absolute atomic E-state index is 0.0619. The first kappa shape index (κ1) is 26.0. The fourth-order valence-electron chi connectivity index (χ4n) is 3.53. The first-order valence-electron chi connectivity index (χ1n) is 11.2. The van der Waals surface area contributed by atoms with E-state index in [2.05, 4.69) is 14.7 Å². The summed E-state index contributed by atoms with van der Waals surface area (Å²) in [5.41, 5.74) is 2.40. The third-order valence-corrected chi connectivity index (χ3v) is 6.90. The van der Waals surface area contributed by atoms with Crippen LogP contribution in [0, 0.1) is 5.82 Å². The van der Waals surface area contributed by atoms with Gasteiger partial charge in [-0.15, -0.1) is 0 Å². The van der Waals surface area contributed by atoms with Crippen LogP contribution in [0.25, 0.3) is 10.9 Å². The number of hydrogen-bond donors (Lipinski definition) is 1. The Bertz CT molecular complexity index is 1530. The third-order valence-electron chi connectivity index (χ3n) is 5.49. The summed E-state index contributed by atoms with van der Waals surface area (Å²) in [6.07, 6.45) is 1.99. The van der Waals surface area contributed by atoms with E-state index in [0.29, 0.717) is 17.4 Å². The Labute approximate surface area is 214 Å². The molecule has 1 N–H and O–H groups in total. The number of methoxy groups -OCH3 is 1. The van der Waals surface area contributed by atoms with Crippen LogP contribution in [0.4, 0.5) is 10.2 Å². The molecule has 0 bridgehead atoms. The number of carbonyl (C=O) groups excluding carboxylic acids is 1. The first-order chi connectivity index (χ1) is 17.7. The molecular weight excluding hydrogens is 499 g/mol. The van der Waals surface area contributed by atoms with Crippen molar-refractivity contribution >= 4 is 32.9 Å². The molecule has 0 spiro atoms. The Kier molecular flexibility index (Phi) is 7.65. The van der Waals surface area contributed by atoms with Crippen molar-refractivity contribution in [3.63, 3.8) is 0 Å². The van der Waals surface area contributed by atoms with Gasteiger partial charge in [0.2, 0.25) is 0 Å². The van der Waals surface area contributed by atoms with Gasteiger partial charge in [0.05, 0.1) is 7.11 Å². The van der Waals surface area contributed by atoms with Crippen molar-refractivity contribution in [1.29, 1.82) is 0 Å².